The van der Waals surface area contributed by atoms with Crippen molar-refractivity contribution in [1.82, 2.24) is 14.8 Å². The van der Waals surface area contributed by atoms with E-state index in [-0.39, 0.29) is 5.91 Å². The summed E-state index contributed by atoms with van der Waals surface area (Å²) in [4.78, 5) is 23.1. The first kappa shape index (κ1) is 20.8. The van der Waals surface area contributed by atoms with E-state index in [9.17, 15) is 4.79 Å². The topological polar surface area (TPSA) is 45.7 Å². The maximum Gasteiger partial charge on any atom is 0.265 e. The molecule has 0 aliphatic carbocycles. The second kappa shape index (κ2) is 9.05. The molecule has 152 valence electrons. The molecule has 2 heterocycles. The van der Waals surface area contributed by atoms with Crippen LogP contribution in [-0.4, -0.2) is 60.0 Å². The normalized spacial score (nSPS) is 15.3. The van der Waals surface area contributed by atoms with Gasteiger partial charge in [0.05, 0.1) is 18.4 Å². The van der Waals surface area contributed by atoms with Gasteiger partial charge in [-0.25, -0.2) is 4.98 Å². The summed E-state index contributed by atoms with van der Waals surface area (Å²) in [5.74, 6) is 0.907. The number of nitrogens with zero attached hydrogens (tertiary/aromatic N) is 3. The Morgan fingerprint density at radius 3 is 2.54 bits per heavy atom. The molecule has 1 saturated heterocycles. The summed E-state index contributed by atoms with van der Waals surface area (Å²) in [7, 11) is 1.67. The molecule has 0 atom stereocenters. The lowest BCUT2D eigenvalue weighted by Gasteiger charge is -2.37. The molecule has 0 unspecified atom stereocenters. The van der Waals surface area contributed by atoms with Crippen LogP contribution in [0.5, 0.6) is 5.75 Å². The zero-order valence-electron chi connectivity index (χ0n) is 17.6. The van der Waals surface area contributed by atoms with Gasteiger partial charge >= 0.3 is 0 Å². The van der Waals surface area contributed by atoms with E-state index < -0.39 is 0 Å². The lowest BCUT2D eigenvalue weighted by molar-refractivity contribution is 0.0635. The van der Waals surface area contributed by atoms with Crippen LogP contribution in [0.15, 0.2) is 18.2 Å². The van der Waals surface area contributed by atoms with Gasteiger partial charge in [-0.3, -0.25) is 4.79 Å². The van der Waals surface area contributed by atoms with Crippen LogP contribution in [-0.2, 0) is 0 Å². The second-order valence-corrected chi connectivity index (χ2v) is 8.38. The number of likely N-dealkylation sites (tertiary alicyclic amines) is 1. The molecule has 28 heavy (non-hydrogen) atoms. The number of benzene rings is 1. The van der Waals surface area contributed by atoms with Gasteiger partial charge in [0.2, 0.25) is 0 Å². The fourth-order valence-corrected chi connectivity index (χ4v) is 5.07. The number of rotatable bonds is 6. The molecule has 5 nitrogen and oxygen atoms in total. The van der Waals surface area contributed by atoms with Gasteiger partial charge in [-0.05, 0) is 51.9 Å². The molecule has 1 aliphatic rings. The largest absolute Gasteiger partial charge is 0.496 e. The first-order valence-corrected chi connectivity index (χ1v) is 11.0. The van der Waals surface area contributed by atoms with E-state index in [1.54, 1.807) is 7.11 Å². The molecule has 1 amide bonds. The minimum absolute atomic E-state index is 0.117. The SMILES string of the molecule is CCN(CC)C1CCN(C(=O)c2sc(-c3cc(C)ccc3OC)nc2C)CC1. The third-order valence-corrected chi connectivity index (χ3v) is 6.84. The number of carbonyl (C=O) groups is 1. The fourth-order valence-electron chi connectivity index (χ4n) is 4.02. The molecule has 1 aromatic heterocycles. The van der Waals surface area contributed by atoms with Gasteiger partial charge in [-0.15, -0.1) is 11.3 Å². The molecule has 2 aromatic rings. The van der Waals surface area contributed by atoms with Gasteiger partial charge in [-0.2, -0.15) is 0 Å². The number of ether oxygens (including phenoxy) is 1. The zero-order valence-corrected chi connectivity index (χ0v) is 18.4. The Morgan fingerprint density at radius 1 is 1.25 bits per heavy atom. The summed E-state index contributed by atoms with van der Waals surface area (Å²) in [5, 5.41) is 0.847. The van der Waals surface area contributed by atoms with E-state index in [1.807, 2.05) is 24.0 Å². The second-order valence-electron chi connectivity index (χ2n) is 7.38. The lowest BCUT2D eigenvalue weighted by Crippen LogP contribution is -2.46. The average Bonchev–Trinajstić information content (AvgIpc) is 3.10. The summed E-state index contributed by atoms with van der Waals surface area (Å²) in [6.07, 6.45) is 2.09. The Balaban J connectivity index is 1.77. The van der Waals surface area contributed by atoms with Crippen molar-refractivity contribution in [1.29, 1.82) is 0 Å². The van der Waals surface area contributed by atoms with Crippen LogP contribution in [0.4, 0.5) is 0 Å². The first-order chi connectivity index (χ1) is 13.5. The molecule has 0 bridgehead atoms. The van der Waals surface area contributed by atoms with E-state index >= 15 is 0 Å². The molecule has 0 N–H and O–H groups in total. The molecular formula is C22H31N3O2S. The zero-order chi connectivity index (χ0) is 20.3. The highest BCUT2D eigenvalue weighted by Crippen LogP contribution is 2.35. The van der Waals surface area contributed by atoms with Crippen molar-refractivity contribution in [3.05, 3.63) is 34.3 Å². The van der Waals surface area contributed by atoms with E-state index in [0.29, 0.717) is 6.04 Å². The summed E-state index contributed by atoms with van der Waals surface area (Å²) < 4.78 is 5.50. The maximum atomic E-state index is 13.2. The number of carbonyl (C=O) groups excluding carboxylic acids is 1. The summed E-state index contributed by atoms with van der Waals surface area (Å²) in [6.45, 7) is 12.2. The van der Waals surface area contributed by atoms with E-state index in [1.165, 1.54) is 11.3 Å². The number of hydrogen-bond acceptors (Lipinski definition) is 5. The van der Waals surface area contributed by atoms with E-state index in [4.69, 9.17) is 9.72 Å². The third-order valence-electron chi connectivity index (χ3n) is 5.66. The molecule has 1 aromatic carbocycles. The quantitative estimate of drug-likeness (QED) is 0.720. The van der Waals surface area contributed by atoms with Gasteiger partial charge in [0, 0.05) is 19.1 Å². The van der Waals surface area contributed by atoms with Crippen molar-refractivity contribution in [2.75, 3.05) is 33.3 Å². The first-order valence-electron chi connectivity index (χ1n) is 10.1. The molecule has 0 spiro atoms. The molecule has 1 fully saturated rings. The Kier molecular flexibility index (Phi) is 6.73. The van der Waals surface area contributed by atoms with Crippen LogP contribution in [0.25, 0.3) is 10.6 Å². The smallest absolute Gasteiger partial charge is 0.265 e. The number of hydrogen-bond donors (Lipinski definition) is 0. The van der Waals surface area contributed by atoms with Gasteiger partial charge < -0.3 is 14.5 Å². The minimum Gasteiger partial charge on any atom is -0.496 e. The summed E-state index contributed by atoms with van der Waals surface area (Å²) >= 11 is 1.48. The van der Waals surface area contributed by atoms with Crippen LogP contribution in [0.2, 0.25) is 0 Å². The lowest BCUT2D eigenvalue weighted by atomic mass is 10.0. The third kappa shape index (κ3) is 4.23. The number of thiazole rings is 1. The monoisotopic (exact) mass is 401 g/mol. The predicted octanol–water partition coefficient (Wildman–Crippen LogP) is 4.38. The van der Waals surface area contributed by atoms with E-state index in [2.05, 4.69) is 31.7 Å². The van der Waals surface area contributed by atoms with Crippen LogP contribution in [0.1, 0.15) is 47.6 Å². The Hall–Kier alpha value is -1.92. The van der Waals surface area contributed by atoms with Crippen LogP contribution >= 0.6 is 11.3 Å². The van der Waals surface area contributed by atoms with Gasteiger partial charge in [0.1, 0.15) is 15.6 Å². The predicted molar refractivity (Wildman–Crippen MR) is 115 cm³/mol. The highest BCUT2D eigenvalue weighted by Gasteiger charge is 2.28. The van der Waals surface area contributed by atoms with Gasteiger partial charge in [0.15, 0.2) is 0 Å². The Morgan fingerprint density at radius 2 is 1.93 bits per heavy atom. The van der Waals surface area contributed by atoms with Crippen molar-refractivity contribution in [2.45, 2.75) is 46.6 Å². The van der Waals surface area contributed by atoms with Gasteiger partial charge in [-0.1, -0.05) is 25.5 Å². The van der Waals surface area contributed by atoms with Crippen LogP contribution < -0.4 is 4.74 Å². The number of piperidine rings is 1. The average molecular weight is 402 g/mol. The molecule has 0 saturated carbocycles. The summed E-state index contributed by atoms with van der Waals surface area (Å²) in [6, 6.07) is 6.64. The standard InChI is InChI=1S/C22H31N3O2S/c1-6-24(7-2)17-10-12-25(13-11-17)22(26)20-16(4)23-21(28-20)18-14-15(3)8-9-19(18)27-5/h8-9,14,17H,6-7,10-13H2,1-5H3. The van der Waals surface area contributed by atoms with Crippen LogP contribution in [0, 0.1) is 13.8 Å². The van der Waals surface area contributed by atoms with Crippen molar-refractivity contribution >= 4 is 17.2 Å². The van der Waals surface area contributed by atoms with Crippen molar-refractivity contribution in [3.63, 3.8) is 0 Å². The maximum absolute atomic E-state index is 13.2. The van der Waals surface area contributed by atoms with Gasteiger partial charge in [0.25, 0.3) is 5.91 Å². The van der Waals surface area contributed by atoms with Crippen molar-refractivity contribution < 1.29 is 9.53 Å². The van der Waals surface area contributed by atoms with Crippen molar-refractivity contribution in [2.24, 2.45) is 0 Å². The Labute approximate surface area is 172 Å². The number of methoxy groups -OCH3 is 1. The molecule has 0 radical (unpaired) electrons. The van der Waals surface area contributed by atoms with E-state index in [0.717, 1.165) is 71.5 Å². The number of aryl methyl sites for hydroxylation is 2. The Bertz CT molecular complexity index is 821. The number of amides is 1. The van der Waals surface area contributed by atoms with Crippen molar-refractivity contribution in [3.8, 4) is 16.3 Å². The molecule has 1 aliphatic heterocycles. The highest BCUT2D eigenvalue weighted by atomic mass is 32.1. The van der Waals surface area contributed by atoms with Crippen LogP contribution in [0.3, 0.4) is 0 Å². The molecule has 6 heteroatoms. The number of aromatic nitrogens is 1. The fraction of sp³-hybridized carbons (Fsp3) is 0.545. The molecular weight excluding hydrogens is 370 g/mol. The molecule has 3 rings (SSSR count). The summed E-state index contributed by atoms with van der Waals surface area (Å²) in [5.41, 5.74) is 2.91. The highest BCUT2D eigenvalue weighted by molar-refractivity contribution is 7.17. The minimum atomic E-state index is 0.117.